The van der Waals surface area contributed by atoms with Crippen LogP contribution in [0.2, 0.25) is 0 Å². The van der Waals surface area contributed by atoms with E-state index in [9.17, 15) is 0 Å². The van der Waals surface area contributed by atoms with Crippen LogP contribution in [0.4, 0.5) is 0 Å². The van der Waals surface area contributed by atoms with E-state index >= 15 is 0 Å². The third-order valence-corrected chi connectivity index (χ3v) is 3.47. The Morgan fingerprint density at radius 1 is 1.14 bits per heavy atom. The van der Waals surface area contributed by atoms with Crippen molar-refractivity contribution in [3.05, 3.63) is 23.8 Å². The molecule has 0 aliphatic heterocycles. The lowest BCUT2D eigenvalue weighted by Gasteiger charge is -2.21. The Balaban J connectivity index is 2.88. The molecule has 120 valence electrons. The van der Waals surface area contributed by atoms with Crippen LogP contribution in [0.1, 0.15) is 53.0 Å². The second kappa shape index (κ2) is 8.28. The third-order valence-electron chi connectivity index (χ3n) is 3.47. The van der Waals surface area contributed by atoms with Crippen LogP contribution >= 0.6 is 0 Å². The molecule has 0 heterocycles. The van der Waals surface area contributed by atoms with Crippen molar-refractivity contribution >= 4 is 0 Å². The predicted molar refractivity (Wildman–Crippen MR) is 89.1 cm³/mol. The SMILES string of the molecule is CCOc1cccc(CC(N)CC)c1OCCC(C)(C)C. The molecule has 3 heteroatoms. The minimum Gasteiger partial charge on any atom is -0.490 e. The predicted octanol–water partition coefficient (Wildman–Crippen LogP) is 4.18. The van der Waals surface area contributed by atoms with Crippen molar-refractivity contribution in [2.75, 3.05) is 13.2 Å². The van der Waals surface area contributed by atoms with E-state index in [-0.39, 0.29) is 11.5 Å². The van der Waals surface area contributed by atoms with E-state index < -0.39 is 0 Å². The van der Waals surface area contributed by atoms with Gasteiger partial charge < -0.3 is 15.2 Å². The first-order chi connectivity index (χ1) is 9.87. The van der Waals surface area contributed by atoms with Crippen molar-refractivity contribution in [3.8, 4) is 11.5 Å². The first-order valence-electron chi connectivity index (χ1n) is 8.00. The molecule has 1 atom stereocenters. The molecule has 2 N–H and O–H groups in total. The summed E-state index contributed by atoms with van der Waals surface area (Å²) in [6, 6.07) is 6.23. The molecule has 0 saturated heterocycles. The van der Waals surface area contributed by atoms with Gasteiger partial charge >= 0.3 is 0 Å². The average molecular weight is 293 g/mol. The smallest absolute Gasteiger partial charge is 0.164 e. The van der Waals surface area contributed by atoms with Crippen LogP contribution in [0.25, 0.3) is 0 Å². The summed E-state index contributed by atoms with van der Waals surface area (Å²) in [4.78, 5) is 0. The van der Waals surface area contributed by atoms with Gasteiger partial charge in [-0.05, 0) is 43.2 Å². The van der Waals surface area contributed by atoms with Crippen molar-refractivity contribution in [1.29, 1.82) is 0 Å². The van der Waals surface area contributed by atoms with Crippen molar-refractivity contribution in [2.24, 2.45) is 11.1 Å². The van der Waals surface area contributed by atoms with Crippen molar-refractivity contribution in [1.82, 2.24) is 0 Å². The molecule has 1 unspecified atom stereocenters. The minimum absolute atomic E-state index is 0.159. The molecule has 0 aliphatic rings. The zero-order valence-electron chi connectivity index (χ0n) is 14.2. The molecular weight excluding hydrogens is 262 g/mol. The fourth-order valence-corrected chi connectivity index (χ4v) is 2.04. The zero-order chi connectivity index (χ0) is 15.9. The summed E-state index contributed by atoms with van der Waals surface area (Å²) in [5.74, 6) is 1.69. The standard InChI is InChI=1S/C18H31NO2/c1-6-15(19)13-14-9-8-10-16(20-7-2)17(14)21-12-11-18(3,4)5/h8-10,15H,6-7,11-13,19H2,1-5H3. The topological polar surface area (TPSA) is 44.5 Å². The monoisotopic (exact) mass is 293 g/mol. The number of hydrogen-bond acceptors (Lipinski definition) is 3. The molecule has 0 radical (unpaired) electrons. The van der Waals surface area contributed by atoms with Gasteiger partial charge in [-0.1, -0.05) is 39.8 Å². The lowest BCUT2D eigenvalue weighted by molar-refractivity contribution is 0.227. The van der Waals surface area contributed by atoms with Gasteiger partial charge in [-0.2, -0.15) is 0 Å². The highest BCUT2D eigenvalue weighted by molar-refractivity contribution is 5.47. The molecule has 3 nitrogen and oxygen atoms in total. The third kappa shape index (κ3) is 6.38. The summed E-state index contributed by atoms with van der Waals surface area (Å²) < 4.78 is 11.8. The summed E-state index contributed by atoms with van der Waals surface area (Å²) in [5.41, 5.74) is 7.51. The molecule has 1 aromatic rings. The van der Waals surface area contributed by atoms with Crippen LogP contribution in [0.3, 0.4) is 0 Å². The number of para-hydroxylation sites is 1. The molecule has 0 aromatic heterocycles. The largest absolute Gasteiger partial charge is 0.490 e. The molecule has 21 heavy (non-hydrogen) atoms. The highest BCUT2D eigenvalue weighted by Crippen LogP contribution is 2.33. The number of benzene rings is 1. The lowest BCUT2D eigenvalue weighted by Crippen LogP contribution is -2.22. The van der Waals surface area contributed by atoms with E-state index in [0.717, 1.165) is 36.3 Å². The fourth-order valence-electron chi connectivity index (χ4n) is 2.04. The van der Waals surface area contributed by atoms with Crippen LogP contribution < -0.4 is 15.2 Å². The Bertz CT molecular complexity index is 424. The van der Waals surface area contributed by atoms with Gasteiger partial charge in [0.15, 0.2) is 11.5 Å². The average Bonchev–Trinajstić information content (AvgIpc) is 2.40. The Labute approximate surface area is 129 Å². The maximum absolute atomic E-state index is 6.10. The van der Waals surface area contributed by atoms with Gasteiger partial charge in [-0.3, -0.25) is 0 Å². The van der Waals surface area contributed by atoms with Gasteiger partial charge in [-0.15, -0.1) is 0 Å². The van der Waals surface area contributed by atoms with Crippen LogP contribution in [0.15, 0.2) is 18.2 Å². The van der Waals surface area contributed by atoms with Gasteiger partial charge in [0.2, 0.25) is 0 Å². The molecule has 0 saturated carbocycles. The Kier molecular flexibility index (Phi) is 7.03. The summed E-state index contributed by atoms with van der Waals surface area (Å²) in [7, 11) is 0. The van der Waals surface area contributed by atoms with Gasteiger partial charge in [-0.25, -0.2) is 0 Å². The first-order valence-corrected chi connectivity index (χ1v) is 8.00. The highest BCUT2D eigenvalue weighted by atomic mass is 16.5. The summed E-state index contributed by atoms with van der Waals surface area (Å²) >= 11 is 0. The maximum atomic E-state index is 6.10. The zero-order valence-corrected chi connectivity index (χ0v) is 14.2. The molecule has 1 aromatic carbocycles. The van der Waals surface area contributed by atoms with Gasteiger partial charge in [0.1, 0.15) is 0 Å². The van der Waals surface area contributed by atoms with Gasteiger partial charge in [0.05, 0.1) is 13.2 Å². The van der Waals surface area contributed by atoms with Crippen LogP contribution in [0.5, 0.6) is 11.5 Å². The van der Waals surface area contributed by atoms with Crippen LogP contribution in [-0.4, -0.2) is 19.3 Å². The Morgan fingerprint density at radius 2 is 1.86 bits per heavy atom. The molecule has 0 bridgehead atoms. The molecule has 0 fully saturated rings. The first kappa shape index (κ1) is 17.8. The van der Waals surface area contributed by atoms with Crippen molar-refractivity contribution < 1.29 is 9.47 Å². The summed E-state index contributed by atoms with van der Waals surface area (Å²) in [6.07, 6.45) is 2.79. The van der Waals surface area contributed by atoms with Crippen LogP contribution in [0, 0.1) is 5.41 Å². The van der Waals surface area contributed by atoms with E-state index in [4.69, 9.17) is 15.2 Å². The minimum atomic E-state index is 0.159. The van der Waals surface area contributed by atoms with Gasteiger partial charge in [0, 0.05) is 6.04 Å². The van der Waals surface area contributed by atoms with E-state index in [1.807, 2.05) is 19.1 Å². The number of ether oxygens (including phenoxy) is 2. The summed E-state index contributed by atoms with van der Waals surface area (Å²) in [6.45, 7) is 12.1. The molecule has 0 spiro atoms. The van der Waals surface area contributed by atoms with Crippen LogP contribution in [-0.2, 0) is 6.42 Å². The normalized spacial score (nSPS) is 13.0. The maximum Gasteiger partial charge on any atom is 0.164 e. The number of hydrogen-bond donors (Lipinski definition) is 1. The Hall–Kier alpha value is -1.22. The second-order valence-electron chi connectivity index (χ2n) is 6.71. The summed E-state index contributed by atoms with van der Waals surface area (Å²) in [5, 5.41) is 0. The molecule has 0 amide bonds. The Morgan fingerprint density at radius 3 is 2.43 bits per heavy atom. The van der Waals surface area contributed by atoms with E-state index in [0.29, 0.717) is 13.2 Å². The second-order valence-corrected chi connectivity index (χ2v) is 6.71. The number of rotatable bonds is 8. The van der Waals surface area contributed by atoms with E-state index in [2.05, 4.69) is 33.8 Å². The molecular formula is C18H31NO2. The van der Waals surface area contributed by atoms with E-state index in [1.165, 1.54) is 0 Å². The number of nitrogens with two attached hydrogens (primary N) is 1. The lowest BCUT2D eigenvalue weighted by atomic mass is 9.93. The highest BCUT2D eigenvalue weighted by Gasteiger charge is 2.15. The van der Waals surface area contributed by atoms with E-state index in [1.54, 1.807) is 0 Å². The fraction of sp³-hybridized carbons (Fsp3) is 0.667. The van der Waals surface area contributed by atoms with Gasteiger partial charge in [0.25, 0.3) is 0 Å². The quantitative estimate of drug-likeness (QED) is 0.782. The van der Waals surface area contributed by atoms with Crippen molar-refractivity contribution in [2.45, 2.75) is 59.9 Å². The van der Waals surface area contributed by atoms with Crippen molar-refractivity contribution in [3.63, 3.8) is 0 Å². The molecule has 0 aliphatic carbocycles. The molecule has 1 rings (SSSR count).